The Morgan fingerprint density at radius 2 is 1.71 bits per heavy atom. The van der Waals surface area contributed by atoms with Crippen LogP contribution in [-0.4, -0.2) is 62.6 Å². The van der Waals surface area contributed by atoms with Gasteiger partial charge >= 0.3 is 6.18 Å². The molecule has 3 aromatic carbocycles. The maximum Gasteiger partial charge on any atom is 0.416 e. The van der Waals surface area contributed by atoms with Crippen molar-refractivity contribution in [1.29, 1.82) is 0 Å². The molecule has 0 unspecified atom stereocenters. The minimum absolute atomic E-state index is 0.0115. The summed E-state index contributed by atoms with van der Waals surface area (Å²) in [7, 11) is 5.31. The molecule has 0 saturated carbocycles. The average Bonchev–Trinajstić information content (AvgIpc) is 3.06. The quantitative estimate of drug-likeness (QED) is 0.106. The molecule has 2 amide bonds. The number of hydrogen-bond donors (Lipinski definition) is 2. The van der Waals surface area contributed by atoms with Gasteiger partial charge in [-0.25, -0.2) is 9.37 Å². The first kappa shape index (κ1) is 36.7. The highest BCUT2D eigenvalue weighted by Gasteiger charge is 2.32. The van der Waals surface area contributed by atoms with Gasteiger partial charge in [0.1, 0.15) is 23.9 Å². The molecule has 0 spiro atoms. The number of ether oxygens (including phenoxy) is 3. The van der Waals surface area contributed by atoms with Crippen LogP contribution >= 0.6 is 0 Å². The van der Waals surface area contributed by atoms with Gasteiger partial charge in [0.05, 0.1) is 25.7 Å². The van der Waals surface area contributed by atoms with Gasteiger partial charge in [-0.15, -0.1) is 0 Å². The van der Waals surface area contributed by atoms with E-state index in [0.717, 1.165) is 29.5 Å². The van der Waals surface area contributed by atoms with Crippen LogP contribution < -0.4 is 24.8 Å². The molecule has 0 aliphatic rings. The van der Waals surface area contributed by atoms with E-state index in [1.54, 1.807) is 26.2 Å². The zero-order valence-electron chi connectivity index (χ0n) is 27.6. The van der Waals surface area contributed by atoms with Crippen molar-refractivity contribution < 1.29 is 41.4 Å². The number of alkyl halides is 3. The third-order valence-corrected chi connectivity index (χ3v) is 7.28. The van der Waals surface area contributed by atoms with Crippen molar-refractivity contribution in [3.8, 4) is 28.5 Å². The van der Waals surface area contributed by atoms with Crippen molar-refractivity contribution in [3.05, 3.63) is 101 Å². The van der Waals surface area contributed by atoms with Crippen LogP contribution in [0.5, 0.6) is 17.4 Å². The van der Waals surface area contributed by atoms with E-state index in [1.165, 1.54) is 18.3 Å². The molecule has 1 heterocycles. The molecule has 49 heavy (non-hydrogen) atoms. The molecule has 9 nitrogen and oxygen atoms in total. The SMILES string of the molecule is CCOc1cc(OCc2ccc(OC)cc2)ncc1-c1ccc(CC(=O)Nc2cc(C(=O)NCCCN(C)C)cc(C(F)(F)F)c2)c(F)c1. The number of benzene rings is 3. The van der Waals surface area contributed by atoms with Crippen LogP contribution in [-0.2, 0) is 24.0 Å². The first-order chi connectivity index (χ1) is 23.4. The number of nitrogens with zero attached hydrogens (tertiary/aromatic N) is 2. The lowest BCUT2D eigenvalue weighted by Gasteiger charge is -2.15. The molecule has 0 fully saturated rings. The minimum atomic E-state index is -4.77. The van der Waals surface area contributed by atoms with Gasteiger partial charge in [-0.05, 0) is 87.1 Å². The van der Waals surface area contributed by atoms with E-state index < -0.39 is 35.8 Å². The summed E-state index contributed by atoms with van der Waals surface area (Å²) >= 11 is 0. The summed E-state index contributed by atoms with van der Waals surface area (Å²) in [5, 5.41) is 4.96. The van der Waals surface area contributed by atoms with Gasteiger partial charge in [-0.1, -0.05) is 24.3 Å². The van der Waals surface area contributed by atoms with Crippen LogP contribution in [0.25, 0.3) is 11.1 Å². The Labute approximate surface area is 282 Å². The molecular formula is C36H38F4N4O5. The monoisotopic (exact) mass is 682 g/mol. The van der Waals surface area contributed by atoms with E-state index >= 15 is 4.39 Å². The number of rotatable bonds is 15. The van der Waals surface area contributed by atoms with Gasteiger partial charge in [0.25, 0.3) is 5.91 Å². The zero-order chi connectivity index (χ0) is 35.6. The second-order valence-electron chi connectivity index (χ2n) is 11.3. The lowest BCUT2D eigenvalue weighted by molar-refractivity contribution is -0.137. The third-order valence-electron chi connectivity index (χ3n) is 7.28. The van der Waals surface area contributed by atoms with Crippen molar-refractivity contribution in [1.82, 2.24) is 15.2 Å². The van der Waals surface area contributed by atoms with Crippen LogP contribution in [0.15, 0.2) is 72.9 Å². The van der Waals surface area contributed by atoms with Crippen LogP contribution in [0.3, 0.4) is 0 Å². The van der Waals surface area contributed by atoms with E-state index in [1.807, 2.05) is 43.3 Å². The van der Waals surface area contributed by atoms with Crippen molar-refractivity contribution in [3.63, 3.8) is 0 Å². The highest BCUT2D eigenvalue weighted by Crippen LogP contribution is 2.34. The summed E-state index contributed by atoms with van der Waals surface area (Å²) < 4.78 is 73.0. The normalized spacial score (nSPS) is 11.3. The van der Waals surface area contributed by atoms with Crippen LogP contribution in [0, 0.1) is 5.82 Å². The van der Waals surface area contributed by atoms with Crippen molar-refractivity contribution in [2.45, 2.75) is 32.5 Å². The van der Waals surface area contributed by atoms with Crippen molar-refractivity contribution in [2.75, 3.05) is 46.2 Å². The number of anilines is 1. The molecule has 0 bridgehead atoms. The number of pyridine rings is 1. The largest absolute Gasteiger partial charge is 0.497 e. The molecule has 2 N–H and O–H groups in total. The Morgan fingerprint density at radius 1 is 0.959 bits per heavy atom. The molecule has 260 valence electrons. The molecule has 0 saturated heterocycles. The van der Waals surface area contributed by atoms with Gasteiger partial charge in [0.2, 0.25) is 11.8 Å². The second-order valence-corrected chi connectivity index (χ2v) is 11.3. The van der Waals surface area contributed by atoms with Gasteiger partial charge in [0, 0.05) is 35.6 Å². The maximum atomic E-state index is 15.3. The molecule has 4 aromatic rings. The fourth-order valence-electron chi connectivity index (χ4n) is 4.80. The fraction of sp³-hybridized carbons (Fsp3) is 0.306. The van der Waals surface area contributed by atoms with Gasteiger partial charge in [-0.2, -0.15) is 13.2 Å². The maximum absolute atomic E-state index is 15.3. The zero-order valence-corrected chi connectivity index (χ0v) is 27.6. The number of methoxy groups -OCH3 is 1. The Hall–Kier alpha value is -5.17. The molecule has 4 rings (SSSR count). The van der Waals surface area contributed by atoms with Crippen molar-refractivity contribution >= 4 is 17.5 Å². The first-order valence-electron chi connectivity index (χ1n) is 15.5. The van der Waals surface area contributed by atoms with E-state index in [0.29, 0.717) is 42.3 Å². The topological polar surface area (TPSA) is 102 Å². The van der Waals surface area contributed by atoms with Crippen LogP contribution in [0.2, 0.25) is 0 Å². The Kier molecular flexibility index (Phi) is 12.6. The molecule has 13 heteroatoms. The van der Waals surface area contributed by atoms with Crippen LogP contribution in [0.4, 0.5) is 23.2 Å². The van der Waals surface area contributed by atoms with Crippen molar-refractivity contribution in [2.24, 2.45) is 0 Å². The summed E-state index contributed by atoms with van der Waals surface area (Å²) in [6.45, 7) is 3.31. The Morgan fingerprint density at radius 3 is 2.37 bits per heavy atom. The number of halogens is 4. The molecular weight excluding hydrogens is 644 g/mol. The number of hydrogen-bond acceptors (Lipinski definition) is 7. The summed E-state index contributed by atoms with van der Waals surface area (Å²) in [5.41, 5.74) is 0.228. The smallest absolute Gasteiger partial charge is 0.416 e. The van der Waals surface area contributed by atoms with E-state index in [9.17, 15) is 22.8 Å². The Balaban J connectivity index is 1.45. The van der Waals surface area contributed by atoms with E-state index in [-0.39, 0.29) is 30.0 Å². The first-order valence-corrected chi connectivity index (χ1v) is 15.5. The molecule has 0 aliphatic heterocycles. The lowest BCUT2D eigenvalue weighted by Crippen LogP contribution is -2.27. The molecule has 0 atom stereocenters. The van der Waals surface area contributed by atoms with Gasteiger partial charge < -0.3 is 29.7 Å². The van der Waals surface area contributed by atoms with E-state index in [4.69, 9.17) is 14.2 Å². The van der Waals surface area contributed by atoms with Gasteiger partial charge in [0.15, 0.2) is 0 Å². The number of nitrogens with one attached hydrogen (secondary N) is 2. The third kappa shape index (κ3) is 10.7. The second kappa shape index (κ2) is 16.8. The number of carbonyl (C=O) groups is 2. The number of amides is 2. The Bertz CT molecular complexity index is 1750. The molecule has 0 radical (unpaired) electrons. The summed E-state index contributed by atoms with van der Waals surface area (Å²) in [6.07, 6.45) is -3.14. The summed E-state index contributed by atoms with van der Waals surface area (Å²) in [6, 6.07) is 15.8. The highest BCUT2D eigenvalue weighted by molar-refractivity contribution is 5.98. The molecule has 0 aliphatic carbocycles. The predicted octanol–water partition coefficient (Wildman–Crippen LogP) is 6.76. The summed E-state index contributed by atoms with van der Waals surface area (Å²) in [5.74, 6) is -0.749. The number of aromatic nitrogens is 1. The lowest BCUT2D eigenvalue weighted by atomic mass is 10.0. The number of carbonyl (C=O) groups excluding carboxylic acids is 2. The highest BCUT2D eigenvalue weighted by atomic mass is 19.4. The van der Waals surface area contributed by atoms with E-state index in [2.05, 4.69) is 15.6 Å². The van der Waals surface area contributed by atoms with Crippen LogP contribution in [0.1, 0.15) is 40.4 Å². The summed E-state index contributed by atoms with van der Waals surface area (Å²) in [4.78, 5) is 31.7. The fourth-order valence-corrected chi connectivity index (χ4v) is 4.80. The standard InChI is InChI=1S/C36H38F4N4O5/c1-5-48-32-20-34(49-22-23-7-11-29(47-4)12-8-23)42-21-30(32)24-9-10-25(31(37)17-24)18-33(45)43-28-16-26(15-27(19-28)36(38,39)40)35(46)41-13-6-14-44(2)3/h7-12,15-17,19-21H,5-6,13-14,18,22H2,1-4H3,(H,41,46)(H,43,45). The molecule has 1 aromatic heterocycles. The predicted molar refractivity (Wildman–Crippen MR) is 177 cm³/mol. The van der Waals surface area contributed by atoms with Gasteiger partial charge in [-0.3, -0.25) is 9.59 Å². The minimum Gasteiger partial charge on any atom is -0.497 e. The average molecular weight is 683 g/mol.